The summed E-state index contributed by atoms with van der Waals surface area (Å²) in [5.41, 5.74) is 5.07. The van der Waals surface area contributed by atoms with Gasteiger partial charge < -0.3 is 0 Å². The first-order valence-electron chi connectivity index (χ1n) is 12.2. The highest BCUT2D eigenvalue weighted by Crippen LogP contribution is 2.46. The largest absolute Gasteiger partial charge is 0.134 e. The van der Waals surface area contributed by atoms with Crippen LogP contribution in [0, 0.1) is 0 Å². The second-order valence-corrected chi connectivity index (χ2v) is 11.5. The molecule has 168 valence electrons. The topological polar surface area (TPSA) is 0 Å². The molecule has 0 amide bonds. The molecular weight excluding hydrogens is 473 g/mol. The first-order chi connectivity index (χ1) is 17.8. The lowest BCUT2D eigenvalue weighted by Gasteiger charge is -2.05. The van der Waals surface area contributed by atoms with Gasteiger partial charge in [-0.2, -0.15) is 0 Å². The van der Waals surface area contributed by atoms with Gasteiger partial charge in [-0.1, -0.05) is 84.9 Å². The molecule has 8 rings (SSSR count). The van der Waals surface area contributed by atoms with Crippen molar-refractivity contribution < 1.29 is 0 Å². The fraction of sp³-hybridized carbons (Fsp3) is 0. The lowest BCUT2D eigenvalue weighted by molar-refractivity contribution is 1.65. The molecule has 0 nitrogen and oxygen atoms in total. The van der Waals surface area contributed by atoms with Crippen molar-refractivity contribution in [1.82, 2.24) is 0 Å². The Hall–Kier alpha value is -3.98. The summed E-state index contributed by atoms with van der Waals surface area (Å²) in [4.78, 5) is 0. The molecule has 0 unspecified atom stereocenters. The van der Waals surface area contributed by atoms with Crippen LogP contribution in [0.3, 0.4) is 0 Å². The summed E-state index contributed by atoms with van der Waals surface area (Å²) in [7, 11) is 0. The summed E-state index contributed by atoms with van der Waals surface area (Å²) in [5, 5.41) is 7.98. The van der Waals surface area contributed by atoms with E-state index in [4.69, 9.17) is 0 Å². The summed E-state index contributed by atoms with van der Waals surface area (Å²) in [6, 6.07) is 44.5. The number of rotatable bonds is 2. The van der Waals surface area contributed by atoms with Crippen molar-refractivity contribution in [2.24, 2.45) is 0 Å². The number of fused-ring (bicyclic) bond motifs is 7. The fourth-order valence-electron chi connectivity index (χ4n) is 5.36. The molecule has 6 aromatic carbocycles. The zero-order valence-corrected chi connectivity index (χ0v) is 21.0. The number of hydrogen-bond donors (Lipinski definition) is 0. The molecule has 0 saturated heterocycles. The van der Waals surface area contributed by atoms with Crippen LogP contribution < -0.4 is 0 Å². The highest BCUT2D eigenvalue weighted by Gasteiger charge is 2.14. The van der Waals surface area contributed by atoms with E-state index < -0.39 is 0 Å². The van der Waals surface area contributed by atoms with Crippen molar-refractivity contribution in [2.45, 2.75) is 0 Å². The Labute approximate surface area is 216 Å². The first kappa shape index (κ1) is 20.2. The first-order valence-corrected chi connectivity index (χ1v) is 13.8. The van der Waals surface area contributed by atoms with Gasteiger partial charge in [-0.05, 0) is 80.2 Å². The third kappa shape index (κ3) is 3.12. The summed E-state index contributed by atoms with van der Waals surface area (Å²) in [5.74, 6) is 0. The van der Waals surface area contributed by atoms with Crippen LogP contribution in [-0.4, -0.2) is 0 Å². The van der Waals surface area contributed by atoms with Crippen LogP contribution in [-0.2, 0) is 0 Å². The Kier molecular flexibility index (Phi) is 4.36. The van der Waals surface area contributed by atoms with Crippen LogP contribution in [0.5, 0.6) is 0 Å². The predicted octanol–water partition coefficient (Wildman–Crippen LogP) is 10.9. The van der Waals surface area contributed by atoms with Gasteiger partial charge in [0.15, 0.2) is 0 Å². The summed E-state index contributed by atoms with van der Waals surface area (Å²) in [6.07, 6.45) is 0. The molecule has 0 saturated carbocycles. The van der Waals surface area contributed by atoms with Crippen molar-refractivity contribution in [2.75, 3.05) is 0 Å². The standard InChI is InChI=1S/C34H20S2/c1-3-7-21(8-4-1)23-11-13-25-17-29-31(19-27(25)15-23)35-34-30-18-26-14-12-24(22-9-5-2-6-10-22)16-28(26)20-32(30)36-33(29)34/h1-20H. The monoisotopic (exact) mass is 492 g/mol. The molecule has 0 bridgehead atoms. The minimum absolute atomic E-state index is 1.26. The SMILES string of the molecule is c1ccc(-c2ccc3cc4c(cc3c2)sc2c3cc5ccc(-c6ccccc6)cc5cc3sc42)cc1. The van der Waals surface area contributed by atoms with Gasteiger partial charge in [-0.15, -0.1) is 22.7 Å². The Morgan fingerprint density at radius 1 is 0.333 bits per heavy atom. The van der Waals surface area contributed by atoms with E-state index >= 15 is 0 Å². The molecule has 0 fully saturated rings. The van der Waals surface area contributed by atoms with Crippen LogP contribution in [0.1, 0.15) is 0 Å². The van der Waals surface area contributed by atoms with E-state index in [0.717, 1.165) is 0 Å². The predicted molar refractivity (Wildman–Crippen MR) is 161 cm³/mol. The molecule has 0 aliphatic rings. The summed E-state index contributed by atoms with van der Waals surface area (Å²) >= 11 is 3.87. The van der Waals surface area contributed by atoms with Gasteiger partial charge in [0.25, 0.3) is 0 Å². The van der Waals surface area contributed by atoms with Crippen LogP contribution in [0.4, 0.5) is 0 Å². The van der Waals surface area contributed by atoms with Gasteiger partial charge in [-0.25, -0.2) is 0 Å². The summed E-state index contributed by atoms with van der Waals surface area (Å²) in [6.45, 7) is 0. The molecule has 2 aromatic heterocycles. The van der Waals surface area contributed by atoms with E-state index in [1.165, 1.54) is 73.4 Å². The fourth-order valence-corrected chi connectivity index (χ4v) is 8.06. The normalized spacial score (nSPS) is 11.9. The van der Waals surface area contributed by atoms with Crippen molar-refractivity contribution >= 4 is 73.8 Å². The van der Waals surface area contributed by atoms with Crippen LogP contribution in [0.2, 0.25) is 0 Å². The molecule has 0 aliphatic carbocycles. The van der Waals surface area contributed by atoms with Crippen molar-refractivity contribution in [3.63, 3.8) is 0 Å². The van der Waals surface area contributed by atoms with E-state index in [2.05, 4.69) is 121 Å². The molecular formula is C34H20S2. The zero-order valence-electron chi connectivity index (χ0n) is 19.4. The molecule has 0 N–H and O–H groups in total. The molecule has 0 radical (unpaired) electrons. The maximum atomic E-state index is 2.39. The number of benzene rings is 6. The van der Waals surface area contributed by atoms with E-state index in [9.17, 15) is 0 Å². The second-order valence-electron chi connectivity index (χ2n) is 9.42. The smallest absolute Gasteiger partial charge is 0.0542 e. The van der Waals surface area contributed by atoms with Gasteiger partial charge in [0.05, 0.1) is 9.40 Å². The Balaban J connectivity index is 1.31. The van der Waals surface area contributed by atoms with Crippen LogP contribution in [0.15, 0.2) is 121 Å². The molecule has 0 aliphatic heterocycles. The van der Waals surface area contributed by atoms with Gasteiger partial charge in [0.1, 0.15) is 0 Å². The average molecular weight is 493 g/mol. The van der Waals surface area contributed by atoms with Crippen LogP contribution in [0.25, 0.3) is 73.4 Å². The van der Waals surface area contributed by atoms with E-state index in [0.29, 0.717) is 0 Å². The maximum Gasteiger partial charge on any atom is 0.0542 e. The molecule has 0 atom stereocenters. The van der Waals surface area contributed by atoms with Gasteiger partial charge in [0.2, 0.25) is 0 Å². The Morgan fingerprint density at radius 2 is 0.778 bits per heavy atom. The van der Waals surface area contributed by atoms with Gasteiger partial charge >= 0.3 is 0 Å². The van der Waals surface area contributed by atoms with E-state index in [1.54, 1.807) is 0 Å². The lowest BCUT2D eigenvalue weighted by Crippen LogP contribution is -1.79. The average Bonchev–Trinajstić information content (AvgIpc) is 3.46. The van der Waals surface area contributed by atoms with E-state index in [1.807, 2.05) is 22.7 Å². The highest BCUT2D eigenvalue weighted by atomic mass is 32.1. The molecule has 2 heterocycles. The third-order valence-electron chi connectivity index (χ3n) is 7.21. The van der Waals surface area contributed by atoms with Crippen molar-refractivity contribution in [3.8, 4) is 22.3 Å². The van der Waals surface area contributed by atoms with Gasteiger partial charge in [-0.3, -0.25) is 0 Å². The minimum Gasteiger partial charge on any atom is -0.134 e. The maximum absolute atomic E-state index is 2.39. The third-order valence-corrected chi connectivity index (χ3v) is 9.71. The Bertz CT molecular complexity index is 1920. The number of hydrogen-bond acceptors (Lipinski definition) is 2. The lowest BCUT2D eigenvalue weighted by atomic mass is 10.00. The Morgan fingerprint density at radius 3 is 1.22 bits per heavy atom. The van der Waals surface area contributed by atoms with E-state index in [-0.39, 0.29) is 0 Å². The zero-order chi connectivity index (χ0) is 23.6. The molecule has 8 aromatic rings. The van der Waals surface area contributed by atoms with Crippen molar-refractivity contribution in [3.05, 3.63) is 121 Å². The van der Waals surface area contributed by atoms with Crippen LogP contribution >= 0.6 is 22.7 Å². The highest BCUT2D eigenvalue weighted by molar-refractivity contribution is 7.36. The number of thiophene rings is 2. The molecule has 2 heteroatoms. The summed E-state index contributed by atoms with van der Waals surface area (Å²) < 4.78 is 5.57. The van der Waals surface area contributed by atoms with Crippen molar-refractivity contribution in [1.29, 1.82) is 0 Å². The van der Waals surface area contributed by atoms with Gasteiger partial charge in [0, 0.05) is 20.2 Å². The second kappa shape index (κ2) is 7.76. The minimum atomic E-state index is 1.26. The molecule has 0 spiro atoms. The molecule has 36 heavy (non-hydrogen) atoms. The quantitative estimate of drug-likeness (QED) is 0.225.